The second-order valence-electron chi connectivity index (χ2n) is 20.2. The topological polar surface area (TPSA) is 284 Å². The molecule has 3 amide bonds. The number of phosphoric ester groups is 1. The van der Waals surface area contributed by atoms with Gasteiger partial charge in [0.1, 0.15) is 12.6 Å². The van der Waals surface area contributed by atoms with Crippen molar-refractivity contribution in [2.24, 2.45) is 28.6 Å². The van der Waals surface area contributed by atoms with Gasteiger partial charge in [0.15, 0.2) is 17.7 Å². The van der Waals surface area contributed by atoms with Gasteiger partial charge in [-0.3, -0.25) is 33.3 Å². The second kappa shape index (κ2) is 22.2. The molecule has 7 rings (SSSR count). The van der Waals surface area contributed by atoms with Crippen molar-refractivity contribution in [1.82, 2.24) is 10.6 Å². The number of hydrogen-bond acceptors (Lipinski definition) is 12. The number of nitrogens with one attached hydrogen (secondary N) is 3. The predicted molar refractivity (Wildman–Crippen MR) is 266 cm³/mol. The molecule has 0 radical (unpaired) electrons. The van der Waals surface area contributed by atoms with E-state index in [1.807, 2.05) is 58.0 Å². The lowest BCUT2D eigenvalue weighted by atomic mass is 9.46. The Hall–Kier alpha value is -4.98. The van der Waals surface area contributed by atoms with Gasteiger partial charge in [0.05, 0.1) is 30.4 Å². The number of Topliss-reactive ketones (excluding diaryl/α,β-unsaturated/α-hetero) is 1. The Morgan fingerprint density at radius 3 is 2.42 bits per heavy atom. The molecule has 5 aliphatic rings. The van der Waals surface area contributed by atoms with Gasteiger partial charge in [0, 0.05) is 39.7 Å². The first kappa shape index (κ1) is 54.8. The van der Waals surface area contributed by atoms with Crippen LogP contribution >= 0.6 is 19.6 Å². The number of anilines is 1. The van der Waals surface area contributed by atoms with E-state index in [9.17, 15) is 58.4 Å². The minimum Gasteiger partial charge on any atom is -0.481 e. The summed E-state index contributed by atoms with van der Waals surface area (Å²) in [5.41, 5.74) is 1.94. The van der Waals surface area contributed by atoms with Crippen LogP contribution in [-0.2, 0) is 53.8 Å². The number of rotatable bonds is 21. The van der Waals surface area contributed by atoms with Gasteiger partial charge in [-0.1, -0.05) is 94.0 Å². The van der Waals surface area contributed by atoms with Gasteiger partial charge in [-0.05, 0) is 92.5 Å². The lowest BCUT2D eigenvalue weighted by Gasteiger charge is -2.60. The SMILES string of the molecule is C/C=C1\C=C[C@@]2(C)C(=C1)CC[C@@H]1[C@@H]2[C@@H](O)C[C@@]2(C)[C@H]1C[C@H]1O[C@@H](c3ccc(Cc4cccc(NC(=O)[C@H](CCC(=O)O)NC(=O)CNC(=O)C(CC(=O)O)SC(C)CC)c4)cc3)O[C@]12C(=O)COP(=O)(O)O. The molecule has 2 aromatic carbocycles. The molecule has 390 valence electrons. The molecule has 4 fully saturated rings. The average molecular weight is 1040 g/mol. The number of carbonyl (C=O) groups excluding carboxylic acids is 4. The molecular formula is C52H66N3O15PS. The van der Waals surface area contributed by atoms with Crippen LogP contribution in [0.15, 0.2) is 84.0 Å². The summed E-state index contributed by atoms with van der Waals surface area (Å²) >= 11 is 1.18. The summed E-state index contributed by atoms with van der Waals surface area (Å²) in [6, 6.07) is 13.0. The van der Waals surface area contributed by atoms with E-state index in [0.717, 1.165) is 29.5 Å². The zero-order valence-corrected chi connectivity index (χ0v) is 42.8. The summed E-state index contributed by atoms with van der Waals surface area (Å²) in [6.45, 7) is 8.39. The molecule has 2 unspecified atom stereocenters. The molecule has 12 atom stereocenters. The highest BCUT2D eigenvalue weighted by atomic mass is 32.2. The van der Waals surface area contributed by atoms with Crippen molar-refractivity contribution in [3.05, 3.63) is 101 Å². The van der Waals surface area contributed by atoms with Crippen molar-refractivity contribution < 1.29 is 72.4 Å². The van der Waals surface area contributed by atoms with Crippen LogP contribution in [0.1, 0.15) is 109 Å². The summed E-state index contributed by atoms with van der Waals surface area (Å²) in [4.78, 5) is 95.9. The van der Waals surface area contributed by atoms with Crippen molar-refractivity contribution in [2.45, 2.75) is 133 Å². The third kappa shape index (κ3) is 11.7. The van der Waals surface area contributed by atoms with Crippen LogP contribution in [0.2, 0.25) is 0 Å². The van der Waals surface area contributed by atoms with Crippen LogP contribution in [0.4, 0.5) is 5.69 Å². The van der Waals surface area contributed by atoms with Gasteiger partial charge in [-0.25, -0.2) is 4.57 Å². The summed E-state index contributed by atoms with van der Waals surface area (Å²) in [6.07, 6.45) is 8.13. The zero-order chi connectivity index (χ0) is 52.3. The number of carbonyl (C=O) groups is 6. The Kier molecular flexibility index (Phi) is 16.9. The third-order valence-corrected chi connectivity index (χ3v) is 17.6. The number of benzene rings is 2. The molecule has 1 heterocycles. The van der Waals surface area contributed by atoms with Crippen molar-refractivity contribution >= 4 is 60.7 Å². The minimum absolute atomic E-state index is 0.00327. The Balaban J connectivity index is 1.02. The minimum atomic E-state index is -5.04. The number of amides is 3. The molecule has 72 heavy (non-hydrogen) atoms. The molecule has 2 aromatic rings. The third-order valence-electron chi connectivity index (χ3n) is 15.6. The molecule has 0 spiro atoms. The van der Waals surface area contributed by atoms with Crippen LogP contribution in [0.5, 0.6) is 0 Å². The fourth-order valence-electron chi connectivity index (χ4n) is 12.0. The van der Waals surface area contributed by atoms with E-state index in [-0.39, 0.29) is 35.8 Å². The van der Waals surface area contributed by atoms with E-state index >= 15 is 0 Å². The van der Waals surface area contributed by atoms with Crippen LogP contribution in [0.3, 0.4) is 0 Å². The fourth-order valence-corrected chi connectivity index (χ4v) is 13.5. The van der Waals surface area contributed by atoms with E-state index in [4.69, 9.17) is 14.0 Å². The highest BCUT2D eigenvalue weighted by Gasteiger charge is 2.76. The number of aliphatic hydroxyl groups excluding tert-OH is 1. The van der Waals surface area contributed by atoms with E-state index in [0.29, 0.717) is 30.5 Å². The summed E-state index contributed by atoms with van der Waals surface area (Å²) in [5.74, 6) is -5.37. The first-order chi connectivity index (χ1) is 34.0. The lowest BCUT2D eigenvalue weighted by Crippen LogP contribution is -2.63. The Morgan fingerprint density at radius 1 is 1.01 bits per heavy atom. The number of fused-ring (bicyclic) bond motifs is 7. The largest absolute Gasteiger partial charge is 0.481 e. The van der Waals surface area contributed by atoms with Crippen molar-refractivity contribution in [3.8, 4) is 0 Å². The van der Waals surface area contributed by atoms with Crippen molar-refractivity contribution in [1.29, 1.82) is 0 Å². The van der Waals surface area contributed by atoms with Crippen LogP contribution in [-0.4, -0.2) is 108 Å². The monoisotopic (exact) mass is 1040 g/mol. The van der Waals surface area contributed by atoms with Gasteiger partial charge in [-0.2, -0.15) is 0 Å². The van der Waals surface area contributed by atoms with Crippen LogP contribution in [0, 0.1) is 28.6 Å². The van der Waals surface area contributed by atoms with Gasteiger partial charge in [-0.15, -0.1) is 11.8 Å². The van der Waals surface area contributed by atoms with E-state index in [2.05, 4.69) is 47.2 Å². The van der Waals surface area contributed by atoms with E-state index in [1.54, 1.807) is 18.2 Å². The smallest absolute Gasteiger partial charge is 0.470 e. The molecule has 1 aliphatic heterocycles. The molecular weight excluding hydrogens is 970 g/mol. The number of thioether (sulfide) groups is 1. The molecule has 20 heteroatoms. The number of carboxylic acid groups (broad SMARTS) is 2. The number of allylic oxidation sites excluding steroid dienone is 6. The van der Waals surface area contributed by atoms with Crippen LogP contribution < -0.4 is 16.0 Å². The predicted octanol–water partition coefficient (Wildman–Crippen LogP) is 6.15. The van der Waals surface area contributed by atoms with Crippen molar-refractivity contribution in [3.63, 3.8) is 0 Å². The number of phosphoric acid groups is 1. The number of carboxylic acids is 2. The number of aliphatic carboxylic acids is 2. The second-order valence-corrected chi connectivity index (χ2v) is 23.0. The van der Waals surface area contributed by atoms with Crippen molar-refractivity contribution in [2.75, 3.05) is 18.5 Å². The van der Waals surface area contributed by atoms with Gasteiger partial charge in [0.25, 0.3) is 0 Å². The Bertz CT molecular complexity index is 2560. The molecule has 4 aliphatic carbocycles. The molecule has 0 bridgehead atoms. The van der Waals surface area contributed by atoms with Crippen LogP contribution in [0.25, 0.3) is 0 Å². The molecule has 1 saturated heterocycles. The summed E-state index contributed by atoms with van der Waals surface area (Å²) in [7, 11) is -5.04. The first-order valence-corrected chi connectivity index (χ1v) is 26.9. The van der Waals surface area contributed by atoms with E-state index in [1.165, 1.54) is 17.3 Å². The maximum Gasteiger partial charge on any atom is 0.470 e. The Labute approximate surface area is 423 Å². The molecule has 3 saturated carbocycles. The number of ketones is 1. The standard InChI is InChI=1S/C52H66N3O15PS/c1-6-29(3)72-40(25-45(61)62)48(64)53-27-43(58)55-38(17-18-44(59)60)47(63)54-35-10-8-9-32(23-35)21-31-11-13-33(14-12-31)49-69-42-24-37-36-16-15-34-22-30(7-2)19-20-50(34,4)46(36)39(56)26-51(37,5)52(42,70-49)41(57)28-68-71(65,66)67/h7-14,19-20,22-23,29,36-40,42,46,49,56H,6,15-18,21,24-28H2,1-5H3,(H,53,64)(H,54,63)(H,55,58)(H,59,60)(H,61,62)(H2,65,66,67)/b30-7+/t29?,36-,37-,38-,39-,40?,42+,46+,49+,50-,51-,52+/m0/s1. The molecule has 8 N–H and O–H groups in total. The first-order valence-electron chi connectivity index (χ1n) is 24.5. The van der Waals surface area contributed by atoms with Gasteiger partial charge in [0.2, 0.25) is 17.7 Å². The molecule has 18 nitrogen and oxygen atoms in total. The summed E-state index contributed by atoms with van der Waals surface area (Å²) < 4.78 is 30.2. The quantitative estimate of drug-likeness (QED) is 0.0651. The van der Waals surface area contributed by atoms with E-state index < -0.39 is 115 Å². The van der Waals surface area contributed by atoms with Gasteiger partial charge >= 0.3 is 19.8 Å². The zero-order valence-electron chi connectivity index (χ0n) is 41.1. The highest BCUT2D eigenvalue weighted by molar-refractivity contribution is 8.01. The fraction of sp³-hybridized carbons (Fsp3) is 0.538. The van der Waals surface area contributed by atoms with Gasteiger partial charge < -0.3 is 50.5 Å². The lowest BCUT2D eigenvalue weighted by molar-refractivity contribution is -0.200. The number of aliphatic hydroxyl groups is 1. The normalized spacial score (nSPS) is 30.1. The number of hydrogen-bond donors (Lipinski definition) is 8. The number of ether oxygens (including phenoxy) is 2. The maximum atomic E-state index is 14.5. The summed E-state index contributed by atoms with van der Waals surface area (Å²) in [5, 5.41) is 37.6. The highest BCUT2D eigenvalue weighted by Crippen LogP contribution is 2.70. The average Bonchev–Trinajstić information content (AvgIpc) is 3.83. The maximum absolute atomic E-state index is 14.5. The molecule has 0 aromatic heterocycles. The Morgan fingerprint density at radius 2 is 1.75 bits per heavy atom.